The predicted molar refractivity (Wildman–Crippen MR) is 68.6 cm³/mol. The Morgan fingerprint density at radius 3 is 2.76 bits per heavy atom. The van der Waals surface area contributed by atoms with Crippen LogP contribution in [0.15, 0.2) is 12.2 Å². The molecule has 0 bridgehead atoms. The monoisotopic (exact) mass is 236 g/mol. The number of Topliss-reactive ketones (excluding diaryl/α,β-unsaturated/α-hetero) is 1. The lowest BCUT2D eigenvalue weighted by Crippen LogP contribution is -2.42. The van der Waals surface area contributed by atoms with Gasteiger partial charge in [-0.2, -0.15) is 0 Å². The number of carbonyl (C=O) groups is 1. The summed E-state index contributed by atoms with van der Waals surface area (Å²) in [6.45, 7) is 6.78. The van der Waals surface area contributed by atoms with Gasteiger partial charge in [0, 0.05) is 18.9 Å². The van der Waals surface area contributed by atoms with Crippen LogP contribution in [0.1, 0.15) is 46.5 Å². The van der Waals surface area contributed by atoms with Crippen molar-refractivity contribution in [3.8, 4) is 0 Å². The van der Waals surface area contributed by atoms with Crippen LogP contribution in [0.4, 0.5) is 0 Å². The minimum Gasteiger partial charge on any atom is -0.396 e. The van der Waals surface area contributed by atoms with Crippen LogP contribution in [0, 0.1) is 22.7 Å². The largest absolute Gasteiger partial charge is 0.396 e. The summed E-state index contributed by atoms with van der Waals surface area (Å²) in [6.07, 6.45) is 8.18. The fraction of sp³-hybridized carbons (Fsp3) is 0.800. The molecule has 2 aliphatic rings. The van der Waals surface area contributed by atoms with Crippen molar-refractivity contribution in [2.75, 3.05) is 6.61 Å². The van der Waals surface area contributed by atoms with Gasteiger partial charge in [0.1, 0.15) is 5.78 Å². The third-order valence-electron chi connectivity index (χ3n) is 4.88. The molecule has 1 N–H and O–H groups in total. The van der Waals surface area contributed by atoms with E-state index in [0.29, 0.717) is 18.1 Å². The topological polar surface area (TPSA) is 37.3 Å². The van der Waals surface area contributed by atoms with Gasteiger partial charge in [-0.25, -0.2) is 0 Å². The highest BCUT2D eigenvalue weighted by molar-refractivity contribution is 5.82. The van der Waals surface area contributed by atoms with Crippen LogP contribution in [0.2, 0.25) is 0 Å². The second kappa shape index (κ2) is 4.24. The number of allylic oxidation sites excluding steroid dienone is 2. The molecule has 2 aliphatic carbocycles. The summed E-state index contributed by atoms with van der Waals surface area (Å²) in [7, 11) is 0. The standard InChI is InChI=1S/C15H24O2/c1-11-10-15(5-4-8-16)7-6-14(2,3)13(15)9-12(11)17/h6-7,11,13,16H,4-5,8-10H2,1-3H3/t11?,13-,15-/m1/s1. The molecule has 0 amide bonds. The maximum Gasteiger partial charge on any atom is 0.136 e. The Balaban J connectivity index is 2.26. The van der Waals surface area contributed by atoms with Gasteiger partial charge in [-0.1, -0.05) is 32.9 Å². The van der Waals surface area contributed by atoms with Crippen molar-refractivity contribution >= 4 is 5.78 Å². The summed E-state index contributed by atoms with van der Waals surface area (Å²) in [6, 6.07) is 0. The molecule has 3 atom stereocenters. The molecule has 0 spiro atoms. The molecule has 96 valence electrons. The normalized spacial score (nSPS) is 39.4. The number of ketones is 1. The van der Waals surface area contributed by atoms with Crippen molar-refractivity contribution in [3.63, 3.8) is 0 Å². The van der Waals surface area contributed by atoms with E-state index in [-0.39, 0.29) is 23.4 Å². The first-order valence-electron chi connectivity index (χ1n) is 6.75. The summed E-state index contributed by atoms with van der Waals surface area (Å²) < 4.78 is 0. The molecule has 0 heterocycles. The number of aliphatic hydroxyl groups excluding tert-OH is 1. The molecule has 0 aliphatic heterocycles. The molecule has 17 heavy (non-hydrogen) atoms. The summed E-state index contributed by atoms with van der Waals surface area (Å²) in [5.74, 6) is 1.04. The van der Waals surface area contributed by atoms with Crippen LogP contribution < -0.4 is 0 Å². The van der Waals surface area contributed by atoms with Gasteiger partial charge < -0.3 is 5.11 Å². The van der Waals surface area contributed by atoms with Gasteiger partial charge in [-0.05, 0) is 36.0 Å². The third-order valence-corrected chi connectivity index (χ3v) is 4.88. The number of hydrogen-bond donors (Lipinski definition) is 1. The Morgan fingerprint density at radius 1 is 1.41 bits per heavy atom. The maximum atomic E-state index is 12.0. The Labute approximate surface area is 104 Å². The molecule has 2 heteroatoms. The van der Waals surface area contributed by atoms with E-state index < -0.39 is 0 Å². The van der Waals surface area contributed by atoms with Crippen LogP contribution in [0.5, 0.6) is 0 Å². The average molecular weight is 236 g/mol. The third kappa shape index (κ3) is 2.08. The molecule has 1 saturated carbocycles. The minimum absolute atomic E-state index is 0.130. The molecule has 2 nitrogen and oxygen atoms in total. The molecule has 0 aromatic rings. The van der Waals surface area contributed by atoms with Crippen LogP contribution in [0.25, 0.3) is 0 Å². The minimum atomic E-state index is 0.130. The van der Waals surface area contributed by atoms with Gasteiger partial charge in [0.15, 0.2) is 0 Å². The van der Waals surface area contributed by atoms with E-state index in [1.54, 1.807) is 0 Å². The van der Waals surface area contributed by atoms with Crippen LogP contribution in [-0.4, -0.2) is 17.5 Å². The zero-order valence-electron chi connectivity index (χ0n) is 11.2. The van der Waals surface area contributed by atoms with Gasteiger partial charge in [-0.15, -0.1) is 0 Å². The van der Waals surface area contributed by atoms with Crippen LogP contribution >= 0.6 is 0 Å². The number of rotatable bonds is 3. The first kappa shape index (κ1) is 12.8. The van der Waals surface area contributed by atoms with E-state index in [0.717, 1.165) is 19.3 Å². The van der Waals surface area contributed by atoms with Crippen molar-refractivity contribution in [3.05, 3.63) is 12.2 Å². The summed E-state index contributed by atoms with van der Waals surface area (Å²) >= 11 is 0. The second-order valence-corrected chi connectivity index (χ2v) is 6.54. The highest BCUT2D eigenvalue weighted by Gasteiger charge is 2.52. The number of aliphatic hydroxyl groups is 1. The lowest BCUT2D eigenvalue weighted by molar-refractivity contribution is -0.130. The fourth-order valence-corrected chi connectivity index (χ4v) is 3.88. The number of fused-ring (bicyclic) bond motifs is 1. The lowest BCUT2D eigenvalue weighted by Gasteiger charge is -2.45. The molecule has 1 fully saturated rings. The smallest absolute Gasteiger partial charge is 0.136 e. The highest BCUT2D eigenvalue weighted by atomic mass is 16.2. The molecule has 0 aromatic heterocycles. The van der Waals surface area contributed by atoms with Gasteiger partial charge >= 0.3 is 0 Å². The average Bonchev–Trinajstić information content (AvgIpc) is 2.51. The van der Waals surface area contributed by atoms with Crippen molar-refractivity contribution in [2.45, 2.75) is 46.5 Å². The Morgan fingerprint density at radius 2 is 2.12 bits per heavy atom. The van der Waals surface area contributed by atoms with Crippen molar-refractivity contribution in [1.82, 2.24) is 0 Å². The second-order valence-electron chi connectivity index (χ2n) is 6.54. The Hall–Kier alpha value is -0.630. The van der Waals surface area contributed by atoms with Crippen molar-refractivity contribution < 1.29 is 9.90 Å². The van der Waals surface area contributed by atoms with E-state index in [9.17, 15) is 4.79 Å². The van der Waals surface area contributed by atoms with E-state index in [2.05, 4.69) is 32.9 Å². The summed E-state index contributed by atoms with van der Waals surface area (Å²) in [4.78, 5) is 12.0. The van der Waals surface area contributed by atoms with E-state index >= 15 is 0 Å². The summed E-state index contributed by atoms with van der Waals surface area (Å²) in [5, 5.41) is 9.07. The first-order valence-corrected chi connectivity index (χ1v) is 6.75. The molecular formula is C15H24O2. The lowest BCUT2D eigenvalue weighted by atomic mass is 9.58. The molecule has 0 aromatic carbocycles. The molecule has 1 unspecified atom stereocenters. The van der Waals surface area contributed by atoms with Crippen LogP contribution in [0.3, 0.4) is 0 Å². The van der Waals surface area contributed by atoms with E-state index in [1.165, 1.54) is 0 Å². The van der Waals surface area contributed by atoms with E-state index in [4.69, 9.17) is 5.11 Å². The van der Waals surface area contributed by atoms with Crippen molar-refractivity contribution in [1.29, 1.82) is 0 Å². The Kier molecular flexibility index (Phi) is 3.19. The van der Waals surface area contributed by atoms with Gasteiger partial charge in [0.05, 0.1) is 0 Å². The number of hydrogen-bond acceptors (Lipinski definition) is 2. The SMILES string of the molecule is CC1C[C@@]2(CCCO)C=CC(C)(C)[C@H]2CC1=O. The Bertz CT molecular complexity index is 343. The van der Waals surface area contributed by atoms with Crippen molar-refractivity contribution in [2.24, 2.45) is 22.7 Å². The zero-order chi connectivity index (χ0) is 12.7. The quantitative estimate of drug-likeness (QED) is 0.765. The zero-order valence-corrected chi connectivity index (χ0v) is 11.2. The van der Waals surface area contributed by atoms with Gasteiger partial charge in [-0.3, -0.25) is 4.79 Å². The van der Waals surface area contributed by atoms with Gasteiger partial charge in [0.25, 0.3) is 0 Å². The highest BCUT2D eigenvalue weighted by Crippen LogP contribution is 2.58. The van der Waals surface area contributed by atoms with E-state index in [1.807, 2.05) is 0 Å². The molecule has 0 radical (unpaired) electrons. The molecule has 0 saturated heterocycles. The first-order chi connectivity index (χ1) is 7.91. The predicted octanol–water partition coefficient (Wildman–Crippen LogP) is 2.96. The van der Waals surface area contributed by atoms with Gasteiger partial charge in [0.2, 0.25) is 0 Å². The number of carbonyl (C=O) groups excluding carboxylic acids is 1. The molecular weight excluding hydrogens is 212 g/mol. The molecule has 2 rings (SSSR count). The summed E-state index contributed by atoms with van der Waals surface area (Å²) in [5.41, 5.74) is 0.296. The maximum absolute atomic E-state index is 12.0. The van der Waals surface area contributed by atoms with Crippen LogP contribution in [-0.2, 0) is 4.79 Å². The fourth-order valence-electron chi connectivity index (χ4n) is 3.88.